The fourth-order valence-electron chi connectivity index (χ4n) is 0.222. The van der Waals surface area contributed by atoms with Crippen LogP contribution in [-0.2, 0) is 4.74 Å². The van der Waals surface area contributed by atoms with Gasteiger partial charge in [0.1, 0.15) is 6.67 Å². The Labute approximate surface area is 54.6 Å². The standard InChI is InChI=1S/C4H10FNO.ClH/c1-7-4(2-5)3-6;/h4H,2-3,6H2,1H3;1H/t4-;/m1./s1. The van der Waals surface area contributed by atoms with Gasteiger partial charge in [0.2, 0.25) is 0 Å². The predicted molar refractivity (Wildman–Crippen MR) is 33.1 cm³/mol. The molecule has 0 unspecified atom stereocenters. The molecule has 0 bridgehead atoms. The molecule has 0 aliphatic heterocycles. The molecule has 0 fully saturated rings. The van der Waals surface area contributed by atoms with Crippen LogP contribution in [0.1, 0.15) is 0 Å². The summed E-state index contributed by atoms with van der Waals surface area (Å²) in [6.45, 7) is -0.236. The quantitative estimate of drug-likeness (QED) is 0.619. The Kier molecular flexibility index (Phi) is 9.82. The van der Waals surface area contributed by atoms with E-state index in [4.69, 9.17) is 5.73 Å². The van der Waals surface area contributed by atoms with E-state index in [9.17, 15) is 4.39 Å². The predicted octanol–water partition coefficient (Wildman–Crippen LogP) is 0.351. The SMILES string of the molecule is CO[C@@H](CN)CF.Cl. The van der Waals surface area contributed by atoms with Crippen LogP contribution in [0.5, 0.6) is 0 Å². The maximum atomic E-state index is 11.5. The van der Waals surface area contributed by atoms with Gasteiger partial charge in [-0.25, -0.2) is 4.39 Å². The molecule has 0 aromatic rings. The van der Waals surface area contributed by atoms with Crippen LogP contribution in [0.25, 0.3) is 0 Å². The smallest absolute Gasteiger partial charge is 0.117 e. The van der Waals surface area contributed by atoms with Crippen molar-refractivity contribution >= 4 is 12.4 Å². The van der Waals surface area contributed by atoms with Crippen LogP contribution < -0.4 is 5.73 Å². The van der Waals surface area contributed by atoms with Gasteiger partial charge in [0, 0.05) is 13.7 Å². The van der Waals surface area contributed by atoms with E-state index in [1.807, 2.05) is 0 Å². The second-order valence-corrected chi connectivity index (χ2v) is 1.25. The van der Waals surface area contributed by atoms with Gasteiger partial charge >= 0.3 is 0 Å². The third kappa shape index (κ3) is 4.30. The summed E-state index contributed by atoms with van der Waals surface area (Å²) in [7, 11) is 1.44. The van der Waals surface area contributed by atoms with Crippen LogP contribution in [0, 0.1) is 0 Å². The highest BCUT2D eigenvalue weighted by molar-refractivity contribution is 5.85. The van der Waals surface area contributed by atoms with Crippen LogP contribution in [0.15, 0.2) is 0 Å². The first-order valence-corrected chi connectivity index (χ1v) is 2.14. The summed E-state index contributed by atoms with van der Waals surface area (Å²) >= 11 is 0. The van der Waals surface area contributed by atoms with Crippen molar-refractivity contribution in [3.05, 3.63) is 0 Å². The normalized spacial score (nSPS) is 12.4. The molecule has 0 rings (SSSR count). The summed E-state index contributed by atoms with van der Waals surface area (Å²) in [6, 6.07) is 0. The largest absolute Gasteiger partial charge is 0.377 e. The zero-order valence-electron chi connectivity index (χ0n) is 4.76. The number of hydrogen-bond donors (Lipinski definition) is 1. The first-order chi connectivity index (χ1) is 3.35. The van der Waals surface area contributed by atoms with Gasteiger partial charge in [-0.2, -0.15) is 0 Å². The highest BCUT2D eigenvalue weighted by Crippen LogP contribution is 1.84. The molecule has 0 amide bonds. The Bertz CT molecular complexity index is 37.5. The highest BCUT2D eigenvalue weighted by atomic mass is 35.5. The molecule has 0 aromatic carbocycles. The van der Waals surface area contributed by atoms with Gasteiger partial charge in [0.05, 0.1) is 6.10 Å². The molecule has 0 spiro atoms. The molecule has 0 radical (unpaired) electrons. The molecular weight excluding hydrogens is 133 g/mol. The Morgan fingerprint density at radius 1 is 1.75 bits per heavy atom. The zero-order valence-corrected chi connectivity index (χ0v) is 5.58. The third-order valence-corrected chi connectivity index (χ3v) is 0.768. The number of ether oxygens (including phenoxy) is 1. The fraction of sp³-hybridized carbons (Fsp3) is 1.00. The van der Waals surface area contributed by atoms with Crippen molar-refractivity contribution in [2.75, 3.05) is 20.3 Å². The van der Waals surface area contributed by atoms with Gasteiger partial charge in [-0.3, -0.25) is 0 Å². The van der Waals surface area contributed by atoms with E-state index in [1.54, 1.807) is 0 Å². The van der Waals surface area contributed by atoms with Crippen molar-refractivity contribution in [2.24, 2.45) is 5.73 Å². The van der Waals surface area contributed by atoms with Crippen LogP contribution >= 0.6 is 12.4 Å². The van der Waals surface area contributed by atoms with E-state index in [2.05, 4.69) is 4.74 Å². The third-order valence-electron chi connectivity index (χ3n) is 0.768. The molecule has 0 aliphatic rings. The summed E-state index contributed by atoms with van der Waals surface area (Å²) in [5.74, 6) is 0. The van der Waals surface area contributed by atoms with Gasteiger partial charge < -0.3 is 10.5 Å². The summed E-state index contributed by atoms with van der Waals surface area (Å²) < 4.78 is 16.0. The average molecular weight is 144 g/mol. The van der Waals surface area contributed by atoms with Gasteiger partial charge in [0.15, 0.2) is 0 Å². The monoisotopic (exact) mass is 143 g/mol. The topological polar surface area (TPSA) is 35.2 Å². The lowest BCUT2D eigenvalue weighted by Gasteiger charge is -2.04. The molecule has 2 N–H and O–H groups in total. The first-order valence-electron chi connectivity index (χ1n) is 2.14. The number of methoxy groups -OCH3 is 1. The van der Waals surface area contributed by atoms with E-state index in [0.29, 0.717) is 0 Å². The summed E-state index contributed by atoms with van der Waals surface area (Å²) in [6.07, 6.45) is -0.403. The van der Waals surface area contributed by atoms with Gasteiger partial charge in [-0.15, -0.1) is 12.4 Å². The zero-order chi connectivity index (χ0) is 5.70. The van der Waals surface area contributed by atoms with E-state index >= 15 is 0 Å². The molecule has 1 atom stereocenters. The van der Waals surface area contributed by atoms with Gasteiger partial charge in [-0.05, 0) is 0 Å². The molecular formula is C4H11ClFNO. The van der Waals surface area contributed by atoms with Crippen molar-refractivity contribution in [3.63, 3.8) is 0 Å². The van der Waals surface area contributed by atoms with Crippen LogP contribution in [0.3, 0.4) is 0 Å². The molecule has 2 nitrogen and oxygen atoms in total. The average Bonchev–Trinajstić information content (AvgIpc) is 1.72. The highest BCUT2D eigenvalue weighted by Gasteiger charge is 1.99. The Morgan fingerprint density at radius 3 is 2.25 bits per heavy atom. The maximum absolute atomic E-state index is 11.5. The lowest BCUT2D eigenvalue weighted by molar-refractivity contribution is 0.0861. The lowest BCUT2D eigenvalue weighted by Crippen LogP contribution is -2.23. The maximum Gasteiger partial charge on any atom is 0.117 e. The number of hydrogen-bond acceptors (Lipinski definition) is 2. The minimum absolute atomic E-state index is 0. The molecule has 0 heterocycles. The van der Waals surface area contributed by atoms with Crippen molar-refractivity contribution in [2.45, 2.75) is 6.10 Å². The molecule has 0 aliphatic carbocycles. The van der Waals surface area contributed by atoms with E-state index < -0.39 is 12.8 Å². The minimum Gasteiger partial charge on any atom is -0.377 e. The number of alkyl halides is 1. The number of nitrogens with two attached hydrogens (primary N) is 1. The summed E-state index contributed by atoms with van der Waals surface area (Å²) in [5.41, 5.74) is 5.03. The Hall–Kier alpha value is 0.140. The van der Waals surface area contributed by atoms with Crippen LogP contribution in [-0.4, -0.2) is 26.4 Å². The van der Waals surface area contributed by atoms with Crippen molar-refractivity contribution in [1.29, 1.82) is 0 Å². The number of rotatable bonds is 3. The fourth-order valence-corrected chi connectivity index (χ4v) is 0.222. The Morgan fingerprint density at radius 2 is 2.25 bits per heavy atom. The molecule has 0 saturated heterocycles. The van der Waals surface area contributed by atoms with Crippen molar-refractivity contribution in [3.8, 4) is 0 Å². The molecule has 52 valence electrons. The van der Waals surface area contributed by atoms with Crippen LogP contribution in [0.2, 0.25) is 0 Å². The van der Waals surface area contributed by atoms with E-state index in [0.717, 1.165) is 0 Å². The minimum atomic E-state index is -0.493. The summed E-state index contributed by atoms with van der Waals surface area (Å²) in [4.78, 5) is 0. The second-order valence-electron chi connectivity index (χ2n) is 1.25. The van der Waals surface area contributed by atoms with Crippen molar-refractivity contribution in [1.82, 2.24) is 0 Å². The molecule has 8 heavy (non-hydrogen) atoms. The van der Waals surface area contributed by atoms with Gasteiger partial charge in [0.25, 0.3) is 0 Å². The first kappa shape index (κ1) is 11.0. The number of halogens is 2. The molecule has 0 aromatic heterocycles. The van der Waals surface area contributed by atoms with E-state index in [-0.39, 0.29) is 19.0 Å². The van der Waals surface area contributed by atoms with Gasteiger partial charge in [-0.1, -0.05) is 0 Å². The summed E-state index contributed by atoms with van der Waals surface area (Å²) in [5, 5.41) is 0. The van der Waals surface area contributed by atoms with Crippen molar-refractivity contribution < 1.29 is 9.13 Å². The second kappa shape index (κ2) is 7.14. The molecule has 0 saturated carbocycles. The Balaban J connectivity index is 0. The van der Waals surface area contributed by atoms with Crippen LogP contribution in [0.4, 0.5) is 4.39 Å². The molecule has 4 heteroatoms. The lowest BCUT2D eigenvalue weighted by atomic mass is 10.4. The van der Waals surface area contributed by atoms with E-state index in [1.165, 1.54) is 7.11 Å².